The van der Waals surface area contributed by atoms with Crippen LogP contribution in [-0.4, -0.2) is 27.3 Å². The summed E-state index contributed by atoms with van der Waals surface area (Å²) in [6, 6.07) is 3.62. The van der Waals surface area contributed by atoms with E-state index in [-0.39, 0.29) is 5.92 Å². The van der Waals surface area contributed by atoms with Crippen molar-refractivity contribution in [3.05, 3.63) is 22.7 Å². The summed E-state index contributed by atoms with van der Waals surface area (Å²) in [7, 11) is 3.20. The molecule has 4 N–H and O–H groups in total. The van der Waals surface area contributed by atoms with Crippen molar-refractivity contribution in [2.75, 3.05) is 27.3 Å². The second kappa shape index (κ2) is 6.69. The normalized spacial score (nSPS) is 10.7. The molecule has 1 aromatic rings. The topological polar surface area (TPSA) is 70.5 Å². The number of halogens is 1. The van der Waals surface area contributed by atoms with Crippen molar-refractivity contribution in [3.8, 4) is 11.5 Å². The Morgan fingerprint density at radius 1 is 1.12 bits per heavy atom. The third kappa shape index (κ3) is 3.49. The van der Waals surface area contributed by atoms with Gasteiger partial charge in [0.1, 0.15) is 11.5 Å². The van der Waals surface area contributed by atoms with Crippen molar-refractivity contribution in [2.45, 2.75) is 6.42 Å². The van der Waals surface area contributed by atoms with Gasteiger partial charge in [-0.25, -0.2) is 0 Å². The number of methoxy groups -OCH3 is 2. The maximum Gasteiger partial charge on any atom is 0.137 e. The minimum absolute atomic E-state index is 0.231. The molecule has 0 aliphatic heterocycles. The Morgan fingerprint density at radius 2 is 1.71 bits per heavy atom. The van der Waals surface area contributed by atoms with E-state index in [1.54, 1.807) is 20.3 Å². The van der Waals surface area contributed by atoms with E-state index in [2.05, 4.69) is 0 Å². The molecule has 0 radical (unpaired) electrons. The van der Waals surface area contributed by atoms with Gasteiger partial charge in [0.15, 0.2) is 0 Å². The van der Waals surface area contributed by atoms with Gasteiger partial charge in [-0.1, -0.05) is 11.6 Å². The highest BCUT2D eigenvalue weighted by Gasteiger charge is 2.13. The number of ether oxygens (including phenoxy) is 2. The summed E-state index contributed by atoms with van der Waals surface area (Å²) in [5.74, 6) is 1.60. The van der Waals surface area contributed by atoms with E-state index >= 15 is 0 Å². The van der Waals surface area contributed by atoms with Gasteiger partial charge in [-0.05, 0) is 37.1 Å². The van der Waals surface area contributed by atoms with Crippen LogP contribution in [-0.2, 0) is 6.42 Å². The summed E-state index contributed by atoms with van der Waals surface area (Å²) < 4.78 is 10.5. The molecule has 0 aliphatic rings. The molecule has 0 atom stereocenters. The first kappa shape index (κ1) is 14.1. The van der Waals surface area contributed by atoms with Crippen LogP contribution in [0.2, 0.25) is 5.02 Å². The maximum absolute atomic E-state index is 6.03. The van der Waals surface area contributed by atoms with Crippen LogP contribution in [0.5, 0.6) is 11.5 Å². The highest BCUT2D eigenvalue weighted by Crippen LogP contribution is 2.33. The molecule has 0 aromatic heterocycles. The van der Waals surface area contributed by atoms with Crippen LogP contribution in [0.4, 0.5) is 0 Å². The summed E-state index contributed by atoms with van der Waals surface area (Å²) in [5, 5.41) is 0.533. The van der Waals surface area contributed by atoms with Crippen LogP contribution >= 0.6 is 11.6 Å². The van der Waals surface area contributed by atoms with Gasteiger partial charge in [0.2, 0.25) is 0 Å². The van der Waals surface area contributed by atoms with Crippen molar-refractivity contribution in [1.82, 2.24) is 0 Å². The lowest BCUT2D eigenvalue weighted by molar-refractivity contribution is 0.394. The molecule has 1 aromatic carbocycles. The number of hydrogen-bond donors (Lipinski definition) is 2. The SMILES string of the molecule is COc1cc(CC(CN)CN)c(OC)cc1Cl. The zero-order chi connectivity index (χ0) is 12.8. The molecule has 0 fully saturated rings. The molecular weight excluding hydrogens is 240 g/mol. The summed E-state index contributed by atoms with van der Waals surface area (Å²) in [6.07, 6.45) is 0.754. The first-order valence-electron chi connectivity index (χ1n) is 5.46. The van der Waals surface area contributed by atoms with Crippen LogP contribution in [0.1, 0.15) is 5.56 Å². The van der Waals surface area contributed by atoms with Crippen molar-refractivity contribution < 1.29 is 9.47 Å². The summed E-state index contributed by atoms with van der Waals surface area (Å²) in [6.45, 7) is 1.09. The van der Waals surface area contributed by atoms with E-state index in [1.807, 2.05) is 6.07 Å². The lowest BCUT2D eigenvalue weighted by Crippen LogP contribution is -2.25. The second-order valence-electron chi connectivity index (χ2n) is 3.84. The molecule has 5 heteroatoms. The molecular formula is C12H19ClN2O2. The molecule has 4 nitrogen and oxygen atoms in total. The number of rotatable bonds is 6. The maximum atomic E-state index is 6.03. The Hall–Kier alpha value is -0.970. The van der Waals surface area contributed by atoms with Crippen molar-refractivity contribution in [1.29, 1.82) is 0 Å². The highest BCUT2D eigenvalue weighted by molar-refractivity contribution is 6.32. The van der Waals surface area contributed by atoms with Crippen LogP contribution in [0.15, 0.2) is 12.1 Å². The molecule has 0 spiro atoms. The molecule has 0 saturated heterocycles. The van der Waals surface area contributed by atoms with Crippen LogP contribution in [0.3, 0.4) is 0 Å². The van der Waals surface area contributed by atoms with E-state index in [4.69, 9.17) is 32.5 Å². The predicted molar refractivity (Wildman–Crippen MR) is 69.9 cm³/mol. The standard InChI is InChI=1S/C12H19ClN2O2/c1-16-11-5-10(13)12(17-2)4-9(11)3-8(6-14)7-15/h4-5,8H,3,6-7,14-15H2,1-2H3. The Bertz CT molecular complexity index is 368. The molecule has 1 rings (SSSR count). The Kier molecular flexibility index (Phi) is 5.55. The quantitative estimate of drug-likeness (QED) is 0.810. The zero-order valence-electron chi connectivity index (χ0n) is 10.2. The van der Waals surface area contributed by atoms with Gasteiger partial charge < -0.3 is 20.9 Å². The van der Waals surface area contributed by atoms with Crippen molar-refractivity contribution in [3.63, 3.8) is 0 Å². The second-order valence-corrected chi connectivity index (χ2v) is 4.25. The molecule has 17 heavy (non-hydrogen) atoms. The molecule has 0 heterocycles. The lowest BCUT2D eigenvalue weighted by atomic mass is 9.98. The van der Waals surface area contributed by atoms with Gasteiger partial charge >= 0.3 is 0 Å². The lowest BCUT2D eigenvalue weighted by Gasteiger charge is -2.16. The Morgan fingerprint density at radius 3 is 2.18 bits per heavy atom. The highest BCUT2D eigenvalue weighted by atomic mass is 35.5. The molecule has 0 aliphatic carbocycles. The number of hydrogen-bond acceptors (Lipinski definition) is 4. The van der Waals surface area contributed by atoms with Gasteiger partial charge in [-0.2, -0.15) is 0 Å². The van der Waals surface area contributed by atoms with Gasteiger partial charge in [0.05, 0.1) is 19.2 Å². The number of nitrogens with two attached hydrogens (primary N) is 2. The van der Waals surface area contributed by atoms with Crippen LogP contribution in [0, 0.1) is 5.92 Å². The Labute approximate surface area is 107 Å². The summed E-state index contributed by atoms with van der Waals surface area (Å²) in [4.78, 5) is 0. The molecule has 0 amide bonds. The van der Waals surface area contributed by atoms with Crippen LogP contribution in [0.25, 0.3) is 0 Å². The first-order valence-corrected chi connectivity index (χ1v) is 5.84. The average Bonchev–Trinajstić information content (AvgIpc) is 2.36. The van der Waals surface area contributed by atoms with Crippen molar-refractivity contribution in [2.24, 2.45) is 17.4 Å². The molecule has 0 bridgehead atoms. The fourth-order valence-electron chi connectivity index (χ4n) is 1.66. The minimum atomic E-state index is 0.231. The van der Waals surface area contributed by atoms with Gasteiger partial charge in [0.25, 0.3) is 0 Å². The largest absolute Gasteiger partial charge is 0.496 e. The summed E-state index contributed by atoms with van der Waals surface area (Å²) >= 11 is 6.03. The third-order valence-electron chi connectivity index (χ3n) is 2.73. The number of benzene rings is 1. The van der Waals surface area contributed by atoms with Gasteiger partial charge in [-0.3, -0.25) is 0 Å². The minimum Gasteiger partial charge on any atom is -0.496 e. The smallest absolute Gasteiger partial charge is 0.137 e. The van der Waals surface area contributed by atoms with E-state index in [9.17, 15) is 0 Å². The van der Waals surface area contributed by atoms with E-state index < -0.39 is 0 Å². The van der Waals surface area contributed by atoms with E-state index in [0.29, 0.717) is 23.9 Å². The van der Waals surface area contributed by atoms with Gasteiger partial charge in [-0.15, -0.1) is 0 Å². The fourth-order valence-corrected chi connectivity index (χ4v) is 1.89. The van der Waals surface area contributed by atoms with Gasteiger partial charge in [0, 0.05) is 6.07 Å². The van der Waals surface area contributed by atoms with Crippen molar-refractivity contribution >= 4 is 11.6 Å². The monoisotopic (exact) mass is 258 g/mol. The predicted octanol–water partition coefficient (Wildman–Crippen LogP) is 1.43. The molecule has 0 saturated carbocycles. The third-order valence-corrected chi connectivity index (χ3v) is 3.03. The summed E-state index contributed by atoms with van der Waals surface area (Å²) in [5.41, 5.74) is 12.3. The van der Waals surface area contributed by atoms with E-state index in [0.717, 1.165) is 17.7 Å². The van der Waals surface area contributed by atoms with Crippen LogP contribution < -0.4 is 20.9 Å². The fraction of sp³-hybridized carbons (Fsp3) is 0.500. The average molecular weight is 259 g/mol. The van der Waals surface area contributed by atoms with E-state index in [1.165, 1.54) is 0 Å². The zero-order valence-corrected chi connectivity index (χ0v) is 11.0. The Balaban J connectivity index is 3.03. The molecule has 96 valence electrons. The molecule has 0 unspecified atom stereocenters. The first-order chi connectivity index (χ1) is 8.15.